The lowest BCUT2D eigenvalue weighted by Crippen LogP contribution is -2.52. The van der Waals surface area contributed by atoms with Crippen molar-refractivity contribution in [1.82, 2.24) is 5.32 Å². The van der Waals surface area contributed by atoms with Gasteiger partial charge in [0.2, 0.25) is 5.90 Å². The van der Waals surface area contributed by atoms with E-state index in [4.69, 9.17) is 25.1 Å². The van der Waals surface area contributed by atoms with Crippen LogP contribution in [0.15, 0.2) is 82.9 Å². The number of azide groups is 1. The standard InChI is InChI=1S/C29H30FN5O4/c1-20-29(17-23-7-2-3-8-24(23)19-33-35-31,28(37)32-18-21-6-4-9-25(30)16-21)34-27(39-20)22-10-12-26(13-11-22)38-15-5-14-36/h2-4,6-13,16,20,36H,5,14-15,17-19H2,1H3,(H,32,37)/t20-,29-/m1/s1. The van der Waals surface area contributed by atoms with Crippen LogP contribution in [0.4, 0.5) is 4.39 Å². The molecule has 202 valence electrons. The lowest BCUT2D eigenvalue weighted by Gasteiger charge is -2.29. The molecule has 1 amide bonds. The van der Waals surface area contributed by atoms with E-state index in [9.17, 15) is 9.18 Å². The molecule has 9 nitrogen and oxygen atoms in total. The lowest BCUT2D eigenvalue weighted by molar-refractivity contribution is -0.128. The number of aliphatic imine (C=N–C) groups is 1. The number of carbonyl (C=O) groups excluding carboxylic acids is 1. The first-order valence-electron chi connectivity index (χ1n) is 12.7. The minimum atomic E-state index is -1.33. The number of amides is 1. The predicted molar refractivity (Wildman–Crippen MR) is 145 cm³/mol. The maximum atomic E-state index is 13.8. The average molecular weight is 532 g/mol. The van der Waals surface area contributed by atoms with Gasteiger partial charge in [-0.2, -0.15) is 0 Å². The molecule has 0 unspecified atom stereocenters. The van der Waals surface area contributed by atoms with Crippen molar-refractivity contribution in [2.75, 3.05) is 13.2 Å². The number of halogens is 1. The van der Waals surface area contributed by atoms with Gasteiger partial charge in [0.25, 0.3) is 5.91 Å². The van der Waals surface area contributed by atoms with Crippen LogP contribution in [0.2, 0.25) is 0 Å². The van der Waals surface area contributed by atoms with Gasteiger partial charge in [0, 0.05) is 36.5 Å². The average Bonchev–Trinajstić information content (AvgIpc) is 3.28. The zero-order valence-corrected chi connectivity index (χ0v) is 21.6. The summed E-state index contributed by atoms with van der Waals surface area (Å²) in [5, 5.41) is 15.6. The Morgan fingerprint density at radius 1 is 1.18 bits per heavy atom. The van der Waals surface area contributed by atoms with E-state index in [1.54, 1.807) is 43.3 Å². The molecule has 0 aliphatic carbocycles. The number of rotatable bonds is 12. The molecule has 0 saturated heterocycles. The van der Waals surface area contributed by atoms with Crippen LogP contribution < -0.4 is 10.1 Å². The molecule has 0 radical (unpaired) electrons. The zero-order valence-electron chi connectivity index (χ0n) is 21.6. The second-order valence-corrected chi connectivity index (χ2v) is 9.20. The van der Waals surface area contributed by atoms with E-state index in [1.165, 1.54) is 12.1 Å². The summed E-state index contributed by atoms with van der Waals surface area (Å²) >= 11 is 0. The molecule has 1 aliphatic heterocycles. The number of carbonyl (C=O) groups is 1. The summed E-state index contributed by atoms with van der Waals surface area (Å²) in [5.74, 6) is 0.213. The van der Waals surface area contributed by atoms with E-state index in [2.05, 4.69) is 15.3 Å². The molecule has 39 heavy (non-hydrogen) atoms. The SMILES string of the molecule is C[C@H]1OC(c2ccc(OCCCO)cc2)=N[C@@]1(Cc1ccccc1CN=[N+]=[N-])C(=O)NCc1cccc(F)c1. The van der Waals surface area contributed by atoms with E-state index >= 15 is 0 Å². The normalized spacial score (nSPS) is 18.0. The largest absolute Gasteiger partial charge is 0.494 e. The first-order chi connectivity index (χ1) is 18.9. The summed E-state index contributed by atoms with van der Waals surface area (Å²) in [6.07, 6.45) is 0.100. The molecule has 2 atom stereocenters. The van der Waals surface area contributed by atoms with Crippen molar-refractivity contribution in [3.05, 3.63) is 111 Å². The highest BCUT2D eigenvalue weighted by Gasteiger charge is 2.50. The van der Waals surface area contributed by atoms with Crippen LogP contribution in [0, 0.1) is 5.82 Å². The Bertz CT molecular complexity index is 1370. The third kappa shape index (κ3) is 6.73. The maximum absolute atomic E-state index is 13.8. The quantitative estimate of drug-likeness (QED) is 0.150. The number of aliphatic hydroxyl groups excluding tert-OH is 1. The molecule has 4 rings (SSSR count). The van der Waals surface area contributed by atoms with Gasteiger partial charge in [-0.15, -0.1) is 0 Å². The van der Waals surface area contributed by atoms with Crippen molar-refractivity contribution in [2.24, 2.45) is 10.1 Å². The number of hydrogen-bond acceptors (Lipinski definition) is 6. The molecule has 0 bridgehead atoms. The topological polar surface area (TPSA) is 129 Å². The molecular formula is C29H30FN5O4. The first-order valence-corrected chi connectivity index (χ1v) is 12.7. The molecule has 0 aromatic heterocycles. The first kappa shape index (κ1) is 27.6. The van der Waals surface area contributed by atoms with Crippen LogP contribution in [0.25, 0.3) is 10.4 Å². The summed E-state index contributed by atoms with van der Waals surface area (Å²) in [6, 6.07) is 20.6. The van der Waals surface area contributed by atoms with Gasteiger partial charge < -0.3 is 19.9 Å². The van der Waals surface area contributed by atoms with Crippen molar-refractivity contribution in [3.63, 3.8) is 0 Å². The molecule has 10 heteroatoms. The van der Waals surface area contributed by atoms with Crippen molar-refractivity contribution < 1.29 is 23.8 Å². The van der Waals surface area contributed by atoms with E-state index in [1.807, 2.05) is 24.3 Å². The van der Waals surface area contributed by atoms with Crippen molar-refractivity contribution in [1.29, 1.82) is 0 Å². The zero-order chi connectivity index (χ0) is 27.7. The van der Waals surface area contributed by atoms with E-state index in [0.717, 1.165) is 11.1 Å². The van der Waals surface area contributed by atoms with Crippen molar-refractivity contribution in [2.45, 2.75) is 44.5 Å². The molecule has 0 saturated carbocycles. The van der Waals surface area contributed by atoms with Gasteiger partial charge in [-0.25, -0.2) is 9.38 Å². The molecule has 1 heterocycles. The van der Waals surface area contributed by atoms with E-state index < -0.39 is 11.6 Å². The van der Waals surface area contributed by atoms with Gasteiger partial charge in [0.15, 0.2) is 5.54 Å². The minimum absolute atomic E-state index is 0.0516. The smallest absolute Gasteiger partial charge is 0.252 e. The highest BCUT2D eigenvalue weighted by molar-refractivity contribution is 6.01. The Kier molecular flexibility index (Phi) is 9.14. The fraction of sp³-hybridized carbons (Fsp3) is 0.310. The van der Waals surface area contributed by atoms with Crippen molar-refractivity contribution >= 4 is 11.8 Å². The van der Waals surface area contributed by atoms with E-state index in [0.29, 0.717) is 35.8 Å². The highest BCUT2D eigenvalue weighted by Crippen LogP contribution is 2.34. The van der Waals surface area contributed by atoms with Gasteiger partial charge in [0.1, 0.15) is 17.7 Å². The predicted octanol–water partition coefficient (Wildman–Crippen LogP) is 4.86. The molecule has 3 aromatic rings. The Morgan fingerprint density at radius 2 is 1.95 bits per heavy atom. The summed E-state index contributed by atoms with van der Waals surface area (Å²) in [4.78, 5) is 21.5. The number of nitrogens with one attached hydrogen (secondary N) is 1. The fourth-order valence-corrected chi connectivity index (χ4v) is 4.41. The number of hydrogen-bond donors (Lipinski definition) is 2. The van der Waals surface area contributed by atoms with Crippen LogP contribution in [0.1, 0.15) is 35.6 Å². The van der Waals surface area contributed by atoms with Crippen LogP contribution >= 0.6 is 0 Å². The van der Waals surface area contributed by atoms with E-state index in [-0.39, 0.29) is 37.8 Å². The Balaban J connectivity index is 1.65. The fourth-order valence-electron chi connectivity index (χ4n) is 4.41. The number of ether oxygens (including phenoxy) is 2. The molecule has 0 fully saturated rings. The molecule has 1 aliphatic rings. The highest BCUT2D eigenvalue weighted by atomic mass is 19.1. The van der Waals surface area contributed by atoms with Crippen LogP contribution in [-0.4, -0.2) is 41.8 Å². The van der Waals surface area contributed by atoms with Crippen molar-refractivity contribution in [3.8, 4) is 5.75 Å². The second-order valence-electron chi connectivity index (χ2n) is 9.20. The number of benzene rings is 3. The second kappa shape index (κ2) is 12.9. The number of nitrogens with zero attached hydrogens (tertiary/aromatic N) is 4. The monoisotopic (exact) mass is 531 g/mol. The third-order valence-corrected chi connectivity index (χ3v) is 6.55. The van der Waals surface area contributed by atoms with Gasteiger partial charge in [-0.1, -0.05) is 41.5 Å². The number of aliphatic hydroxyl groups is 1. The molecule has 0 spiro atoms. The van der Waals surface area contributed by atoms with Gasteiger partial charge in [-0.05, 0) is 65.5 Å². The van der Waals surface area contributed by atoms with Gasteiger partial charge in [-0.3, -0.25) is 4.79 Å². The summed E-state index contributed by atoms with van der Waals surface area (Å²) in [7, 11) is 0. The lowest BCUT2D eigenvalue weighted by atomic mass is 9.84. The Labute approximate surface area is 225 Å². The summed E-state index contributed by atoms with van der Waals surface area (Å²) in [6.45, 7) is 2.50. The third-order valence-electron chi connectivity index (χ3n) is 6.55. The van der Waals surface area contributed by atoms with Gasteiger partial charge >= 0.3 is 0 Å². The van der Waals surface area contributed by atoms with Crippen LogP contribution in [0.3, 0.4) is 0 Å². The molecular weight excluding hydrogens is 501 g/mol. The summed E-state index contributed by atoms with van der Waals surface area (Å²) in [5.41, 5.74) is 10.4. The molecule has 3 aromatic carbocycles. The van der Waals surface area contributed by atoms with Gasteiger partial charge in [0.05, 0.1) is 13.2 Å². The Hall–Kier alpha value is -4.40. The maximum Gasteiger partial charge on any atom is 0.252 e. The summed E-state index contributed by atoms with van der Waals surface area (Å²) < 4.78 is 25.5. The molecule has 2 N–H and O–H groups in total. The minimum Gasteiger partial charge on any atom is -0.494 e. The van der Waals surface area contributed by atoms with Crippen LogP contribution in [-0.2, 0) is 29.0 Å². The Morgan fingerprint density at radius 3 is 2.67 bits per heavy atom. The van der Waals surface area contributed by atoms with Crippen LogP contribution in [0.5, 0.6) is 5.75 Å².